The highest BCUT2D eigenvalue weighted by atomic mass is 127. The maximum absolute atomic E-state index is 13.9. The van der Waals surface area contributed by atoms with Crippen LogP contribution in [0.5, 0.6) is 0 Å². The first kappa shape index (κ1) is 14.5. The van der Waals surface area contributed by atoms with Gasteiger partial charge in [-0.3, -0.25) is 0 Å². The summed E-state index contributed by atoms with van der Waals surface area (Å²) in [5.41, 5.74) is 1.09. The van der Waals surface area contributed by atoms with Gasteiger partial charge in [0.1, 0.15) is 11.4 Å². The van der Waals surface area contributed by atoms with Crippen molar-refractivity contribution in [2.45, 2.75) is 19.1 Å². The fourth-order valence-electron chi connectivity index (χ4n) is 1.90. The molecule has 0 saturated heterocycles. The molecule has 0 radical (unpaired) electrons. The van der Waals surface area contributed by atoms with Gasteiger partial charge in [-0.1, -0.05) is 71.1 Å². The molecule has 0 fully saturated rings. The minimum Gasteiger partial charge on any atom is -0.365 e. The topological polar surface area (TPSA) is 9.23 Å². The molecule has 2 aromatic carbocycles. The van der Waals surface area contributed by atoms with E-state index in [0.717, 1.165) is 5.56 Å². The third-order valence-corrected chi connectivity index (χ3v) is 4.55. The molecule has 0 bridgehead atoms. The Morgan fingerprint density at radius 3 is 2.32 bits per heavy atom. The van der Waals surface area contributed by atoms with Crippen LogP contribution in [0.3, 0.4) is 0 Å². The van der Waals surface area contributed by atoms with Gasteiger partial charge in [0.15, 0.2) is 0 Å². The van der Waals surface area contributed by atoms with Crippen molar-refractivity contribution in [3.05, 3.63) is 71.5 Å². The number of hydrogen-bond donors (Lipinski definition) is 0. The molecule has 1 nitrogen and oxygen atoms in total. The van der Waals surface area contributed by atoms with Crippen LogP contribution in [0, 0.1) is 5.82 Å². The molecule has 0 aromatic heterocycles. The molecule has 19 heavy (non-hydrogen) atoms. The van der Waals surface area contributed by atoms with E-state index in [0.29, 0.717) is 16.6 Å². The monoisotopic (exact) mass is 370 g/mol. The first-order chi connectivity index (χ1) is 9.15. The summed E-state index contributed by atoms with van der Waals surface area (Å²) in [7, 11) is 0. The lowest BCUT2D eigenvalue weighted by atomic mass is 9.97. The molecular weight excluding hydrogens is 354 g/mol. The zero-order valence-corrected chi connectivity index (χ0v) is 12.9. The van der Waals surface area contributed by atoms with Crippen molar-refractivity contribution in [3.8, 4) is 0 Å². The predicted octanol–water partition coefficient (Wildman–Crippen LogP) is 4.69. The van der Waals surface area contributed by atoms with Crippen molar-refractivity contribution in [1.82, 2.24) is 0 Å². The SMILES string of the molecule is CC(CI)(OCc1ccccc1)c1ccccc1F. The summed E-state index contributed by atoms with van der Waals surface area (Å²) in [4.78, 5) is 0. The molecule has 1 atom stereocenters. The van der Waals surface area contributed by atoms with Crippen LogP contribution < -0.4 is 0 Å². The molecule has 100 valence electrons. The van der Waals surface area contributed by atoms with E-state index in [4.69, 9.17) is 4.74 Å². The normalized spacial score (nSPS) is 14.1. The van der Waals surface area contributed by atoms with Gasteiger partial charge in [0.05, 0.1) is 6.61 Å². The highest BCUT2D eigenvalue weighted by Crippen LogP contribution is 2.30. The Morgan fingerprint density at radius 2 is 1.68 bits per heavy atom. The van der Waals surface area contributed by atoms with Crippen molar-refractivity contribution < 1.29 is 9.13 Å². The van der Waals surface area contributed by atoms with Crippen LogP contribution >= 0.6 is 22.6 Å². The molecule has 0 N–H and O–H groups in total. The Hall–Kier alpha value is -0.940. The number of hydrogen-bond acceptors (Lipinski definition) is 1. The highest BCUT2D eigenvalue weighted by molar-refractivity contribution is 14.1. The smallest absolute Gasteiger partial charge is 0.129 e. The summed E-state index contributed by atoms with van der Waals surface area (Å²) < 4.78 is 20.6. The van der Waals surface area contributed by atoms with Gasteiger partial charge < -0.3 is 4.74 Å². The minimum atomic E-state index is -0.609. The second kappa shape index (κ2) is 6.48. The van der Waals surface area contributed by atoms with Gasteiger partial charge in [-0.05, 0) is 18.6 Å². The third kappa shape index (κ3) is 3.54. The van der Waals surface area contributed by atoms with E-state index in [-0.39, 0.29) is 5.82 Å². The molecule has 0 aliphatic heterocycles. The van der Waals surface area contributed by atoms with E-state index < -0.39 is 5.60 Å². The zero-order chi connectivity index (χ0) is 13.7. The van der Waals surface area contributed by atoms with Gasteiger partial charge in [0, 0.05) is 9.99 Å². The summed E-state index contributed by atoms with van der Waals surface area (Å²) in [6.45, 7) is 2.41. The van der Waals surface area contributed by atoms with E-state index in [1.165, 1.54) is 6.07 Å². The van der Waals surface area contributed by atoms with Gasteiger partial charge >= 0.3 is 0 Å². The maximum Gasteiger partial charge on any atom is 0.129 e. The first-order valence-electron chi connectivity index (χ1n) is 6.14. The average Bonchev–Trinajstić information content (AvgIpc) is 2.46. The largest absolute Gasteiger partial charge is 0.365 e. The van der Waals surface area contributed by atoms with Crippen molar-refractivity contribution >= 4 is 22.6 Å². The van der Waals surface area contributed by atoms with Crippen LogP contribution in [0.2, 0.25) is 0 Å². The third-order valence-electron chi connectivity index (χ3n) is 3.10. The summed E-state index contributed by atoms with van der Waals surface area (Å²) in [5.74, 6) is -0.213. The summed E-state index contributed by atoms with van der Waals surface area (Å²) in [6.07, 6.45) is 0. The zero-order valence-electron chi connectivity index (χ0n) is 10.8. The second-order valence-electron chi connectivity index (χ2n) is 4.62. The molecule has 2 rings (SSSR count). The lowest BCUT2D eigenvalue weighted by molar-refractivity contribution is -0.0298. The Bertz CT molecular complexity index is 529. The van der Waals surface area contributed by atoms with Gasteiger partial charge in [-0.25, -0.2) is 4.39 Å². The van der Waals surface area contributed by atoms with Crippen LogP contribution in [-0.2, 0) is 16.9 Å². The minimum absolute atomic E-state index is 0.213. The molecule has 2 aromatic rings. The Labute approximate surface area is 126 Å². The van der Waals surface area contributed by atoms with E-state index in [1.54, 1.807) is 12.1 Å². The van der Waals surface area contributed by atoms with E-state index in [1.807, 2.05) is 43.3 Å². The van der Waals surface area contributed by atoms with E-state index >= 15 is 0 Å². The summed E-state index contributed by atoms with van der Waals surface area (Å²) in [5, 5.41) is 0. The van der Waals surface area contributed by atoms with Gasteiger partial charge in [0.25, 0.3) is 0 Å². The Kier molecular flexibility index (Phi) is 4.93. The number of benzene rings is 2. The summed E-state index contributed by atoms with van der Waals surface area (Å²) >= 11 is 2.24. The fourth-order valence-corrected chi connectivity index (χ4v) is 2.53. The fraction of sp³-hybridized carbons (Fsp3) is 0.250. The van der Waals surface area contributed by atoms with Crippen molar-refractivity contribution in [1.29, 1.82) is 0 Å². The van der Waals surface area contributed by atoms with Crippen LogP contribution in [0.4, 0.5) is 4.39 Å². The molecule has 1 unspecified atom stereocenters. The van der Waals surface area contributed by atoms with Crippen LogP contribution in [0.15, 0.2) is 54.6 Å². The number of alkyl halides is 1. The first-order valence-corrected chi connectivity index (χ1v) is 7.67. The quantitative estimate of drug-likeness (QED) is 0.548. The number of rotatable bonds is 5. The van der Waals surface area contributed by atoms with Gasteiger partial charge in [-0.2, -0.15) is 0 Å². The lowest BCUT2D eigenvalue weighted by Crippen LogP contribution is -2.29. The van der Waals surface area contributed by atoms with Crippen LogP contribution in [0.25, 0.3) is 0 Å². The molecule has 3 heteroatoms. The van der Waals surface area contributed by atoms with E-state index in [9.17, 15) is 4.39 Å². The Balaban J connectivity index is 2.17. The van der Waals surface area contributed by atoms with Crippen molar-refractivity contribution in [2.75, 3.05) is 4.43 Å². The molecule has 0 aliphatic rings. The van der Waals surface area contributed by atoms with Gasteiger partial charge in [-0.15, -0.1) is 0 Å². The standard InChI is InChI=1S/C16H16FIO/c1-16(12-18,14-9-5-6-10-15(14)17)19-11-13-7-3-2-4-8-13/h2-10H,11-12H2,1H3. The molecule has 0 amide bonds. The molecule has 0 spiro atoms. The molecule has 0 heterocycles. The predicted molar refractivity (Wildman–Crippen MR) is 83.9 cm³/mol. The highest BCUT2D eigenvalue weighted by Gasteiger charge is 2.29. The molecule has 0 aliphatic carbocycles. The second-order valence-corrected chi connectivity index (χ2v) is 5.38. The van der Waals surface area contributed by atoms with E-state index in [2.05, 4.69) is 22.6 Å². The van der Waals surface area contributed by atoms with Crippen LogP contribution in [0.1, 0.15) is 18.1 Å². The van der Waals surface area contributed by atoms with Crippen molar-refractivity contribution in [3.63, 3.8) is 0 Å². The molecular formula is C16H16FIO. The number of ether oxygens (including phenoxy) is 1. The maximum atomic E-state index is 13.9. The lowest BCUT2D eigenvalue weighted by Gasteiger charge is -2.29. The number of halogens is 2. The summed E-state index contributed by atoms with van der Waals surface area (Å²) in [6, 6.07) is 16.7. The van der Waals surface area contributed by atoms with Crippen LogP contribution in [-0.4, -0.2) is 4.43 Å². The average molecular weight is 370 g/mol. The van der Waals surface area contributed by atoms with Crippen molar-refractivity contribution in [2.24, 2.45) is 0 Å². The molecule has 0 saturated carbocycles. The van der Waals surface area contributed by atoms with Gasteiger partial charge in [0.2, 0.25) is 0 Å². The Morgan fingerprint density at radius 1 is 1.05 bits per heavy atom.